The number of hydrogen-bond donors (Lipinski definition) is 1. The summed E-state index contributed by atoms with van der Waals surface area (Å²) in [5.74, 6) is -0.217. The average Bonchev–Trinajstić information content (AvgIpc) is 3.16. The molecule has 2 fully saturated rings. The Balaban J connectivity index is 0.00000136. The topological polar surface area (TPSA) is 107 Å². The van der Waals surface area contributed by atoms with Gasteiger partial charge in [-0.2, -0.15) is 0 Å². The van der Waals surface area contributed by atoms with Crippen molar-refractivity contribution in [3.8, 4) is 0 Å². The number of ether oxygens (including phenoxy) is 1. The average molecular weight is 492 g/mol. The van der Waals surface area contributed by atoms with Crippen molar-refractivity contribution in [3.05, 3.63) is 63.9 Å². The molecule has 2 unspecified atom stereocenters. The fraction of sp³-hybridized carbons (Fsp3) is 0.400. The molecule has 2 saturated heterocycles. The number of piperidine rings is 1. The van der Waals surface area contributed by atoms with Crippen LogP contribution in [0.25, 0.3) is 0 Å². The third-order valence-corrected chi connectivity index (χ3v) is 7.45. The van der Waals surface area contributed by atoms with E-state index < -0.39 is 10.0 Å². The van der Waals surface area contributed by atoms with E-state index in [1.165, 1.54) is 12.1 Å². The summed E-state index contributed by atoms with van der Waals surface area (Å²) < 4.78 is 42.6. The first-order valence-electron chi connectivity index (χ1n) is 9.57. The molecule has 0 aromatic heterocycles. The van der Waals surface area contributed by atoms with Crippen LogP contribution in [0.2, 0.25) is 5.02 Å². The van der Waals surface area contributed by atoms with Crippen LogP contribution in [0.5, 0.6) is 0 Å². The number of halogens is 3. The van der Waals surface area contributed by atoms with Gasteiger partial charge in [0.2, 0.25) is 10.0 Å². The Kier molecular flexibility index (Phi) is 7.00. The molecule has 5 rings (SSSR count). The van der Waals surface area contributed by atoms with E-state index in [1.807, 2.05) is 12.1 Å². The standard InChI is InChI=1S/C20H21ClFN3O3S.ClH.H2O/c21-17-9-15-16(10-18(17)29(23,26)27)20-25(19(15)28-20)14-5-7-24(8-6-14)11-12-1-3-13(22)4-2-12;;/h1-4,9-10,14,19-20H,5-8,11H2,(H2,23,26,27);1H;1H2. The molecule has 4 N–H and O–H groups in total. The number of primary sulfonamides is 1. The van der Waals surface area contributed by atoms with Crippen LogP contribution in [0, 0.1) is 5.82 Å². The number of rotatable bonds is 4. The number of fused-ring (bicyclic) bond motifs is 5. The van der Waals surface area contributed by atoms with Gasteiger partial charge < -0.3 is 10.2 Å². The third kappa shape index (κ3) is 4.34. The molecular formula is C20H24Cl2FN3O4S. The van der Waals surface area contributed by atoms with E-state index in [-0.39, 0.29) is 46.1 Å². The molecule has 3 aliphatic heterocycles. The predicted molar refractivity (Wildman–Crippen MR) is 117 cm³/mol. The van der Waals surface area contributed by atoms with Crippen molar-refractivity contribution >= 4 is 34.0 Å². The molecule has 7 nitrogen and oxygen atoms in total. The van der Waals surface area contributed by atoms with Gasteiger partial charge in [-0.05, 0) is 55.8 Å². The van der Waals surface area contributed by atoms with Gasteiger partial charge in [0.15, 0.2) is 0 Å². The van der Waals surface area contributed by atoms with Crippen molar-refractivity contribution in [3.63, 3.8) is 0 Å². The quantitative estimate of drug-likeness (QED) is 0.707. The number of likely N-dealkylation sites (tertiary alicyclic amines) is 1. The van der Waals surface area contributed by atoms with Gasteiger partial charge >= 0.3 is 0 Å². The molecule has 0 spiro atoms. The number of benzene rings is 2. The van der Waals surface area contributed by atoms with Crippen LogP contribution in [0.4, 0.5) is 4.39 Å². The lowest BCUT2D eigenvalue weighted by atomic mass is 10.0. The lowest BCUT2D eigenvalue weighted by molar-refractivity contribution is -0.293. The minimum atomic E-state index is -3.88. The minimum Gasteiger partial charge on any atom is -0.412 e. The summed E-state index contributed by atoms with van der Waals surface area (Å²) in [5, 5.41) is 5.42. The highest BCUT2D eigenvalue weighted by Gasteiger charge is 2.54. The SMILES string of the molecule is Cl.NS(=O)(=O)c1cc2c(cc1Cl)C1OC2N1C1CCN(Cc2ccc(F)cc2)CC1.O. The molecule has 31 heavy (non-hydrogen) atoms. The summed E-state index contributed by atoms with van der Waals surface area (Å²) in [6.45, 7) is 2.69. The second kappa shape index (κ2) is 8.92. The summed E-state index contributed by atoms with van der Waals surface area (Å²) in [5.41, 5.74) is 2.88. The lowest BCUT2D eigenvalue weighted by Gasteiger charge is -2.48. The zero-order valence-corrected chi connectivity index (χ0v) is 18.9. The molecule has 2 aromatic carbocycles. The van der Waals surface area contributed by atoms with Gasteiger partial charge in [0.05, 0.1) is 5.02 Å². The van der Waals surface area contributed by atoms with Crippen molar-refractivity contribution < 1.29 is 23.0 Å². The molecule has 3 heterocycles. The Morgan fingerprint density at radius 3 is 2.26 bits per heavy atom. The maximum atomic E-state index is 13.1. The molecule has 2 aromatic rings. The zero-order valence-electron chi connectivity index (χ0n) is 16.5. The molecule has 0 saturated carbocycles. The first-order valence-corrected chi connectivity index (χ1v) is 11.5. The molecule has 2 bridgehead atoms. The fourth-order valence-electron chi connectivity index (χ4n) is 4.63. The van der Waals surface area contributed by atoms with Gasteiger partial charge in [-0.1, -0.05) is 23.7 Å². The normalized spacial score (nSPS) is 23.5. The smallest absolute Gasteiger partial charge is 0.239 e. The predicted octanol–water partition coefficient (Wildman–Crippen LogP) is 2.73. The number of sulfonamides is 1. The van der Waals surface area contributed by atoms with E-state index in [9.17, 15) is 12.8 Å². The summed E-state index contributed by atoms with van der Waals surface area (Å²) in [4.78, 5) is 4.63. The van der Waals surface area contributed by atoms with E-state index in [1.54, 1.807) is 12.1 Å². The van der Waals surface area contributed by atoms with Crippen molar-refractivity contribution in [2.45, 2.75) is 42.8 Å². The van der Waals surface area contributed by atoms with Gasteiger partial charge in [0.1, 0.15) is 23.2 Å². The van der Waals surface area contributed by atoms with Crippen LogP contribution in [0.1, 0.15) is 42.0 Å². The van der Waals surface area contributed by atoms with E-state index in [0.29, 0.717) is 6.04 Å². The number of nitrogens with zero attached hydrogens (tertiary/aromatic N) is 2. The van der Waals surface area contributed by atoms with E-state index in [2.05, 4.69) is 9.80 Å². The number of hydrogen-bond acceptors (Lipinski definition) is 5. The maximum absolute atomic E-state index is 13.1. The second-order valence-electron chi connectivity index (χ2n) is 7.88. The van der Waals surface area contributed by atoms with Crippen molar-refractivity contribution in [2.75, 3.05) is 13.1 Å². The van der Waals surface area contributed by atoms with Crippen molar-refractivity contribution in [1.82, 2.24) is 9.80 Å². The molecule has 3 aliphatic rings. The van der Waals surface area contributed by atoms with Gasteiger partial charge in [0.25, 0.3) is 0 Å². The Bertz CT molecular complexity index is 1060. The minimum absolute atomic E-state index is 0. The molecule has 0 radical (unpaired) electrons. The molecule has 2 atom stereocenters. The second-order valence-corrected chi connectivity index (χ2v) is 9.82. The van der Waals surface area contributed by atoms with Crippen molar-refractivity contribution in [2.24, 2.45) is 5.14 Å². The maximum Gasteiger partial charge on any atom is 0.239 e. The van der Waals surface area contributed by atoms with Crippen LogP contribution >= 0.6 is 24.0 Å². The van der Waals surface area contributed by atoms with Crippen LogP contribution in [0.15, 0.2) is 41.3 Å². The largest absolute Gasteiger partial charge is 0.412 e. The molecule has 170 valence electrons. The highest BCUT2D eigenvalue weighted by Crippen LogP contribution is 2.57. The first kappa shape index (κ1) is 24.3. The molecule has 0 amide bonds. The fourth-order valence-corrected chi connectivity index (χ4v) is 5.75. The highest BCUT2D eigenvalue weighted by atomic mass is 35.5. The molecule has 11 heteroatoms. The Morgan fingerprint density at radius 2 is 1.68 bits per heavy atom. The zero-order chi connectivity index (χ0) is 20.3. The van der Waals surface area contributed by atoms with Gasteiger partial charge in [-0.25, -0.2) is 22.8 Å². The van der Waals surface area contributed by atoms with Crippen LogP contribution in [0.3, 0.4) is 0 Å². The first-order chi connectivity index (χ1) is 13.8. The van der Waals surface area contributed by atoms with Gasteiger partial charge in [-0.15, -0.1) is 12.4 Å². The van der Waals surface area contributed by atoms with Gasteiger partial charge in [-0.3, -0.25) is 4.90 Å². The number of nitrogens with two attached hydrogens (primary N) is 1. The van der Waals surface area contributed by atoms with E-state index in [0.717, 1.165) is 49.2 Å². The van der Waals surface area contributed by atoms with Crippen LogP contribution in [-0.4, -0.2) is 42.8 Å². The lowest BCUT2D eigenvalue weighted by Crippen LogP contribution is -2.51. The Hall–Kier alpha value is -1.30. The van der Waals surface area contributed by atoms with E-state index in [4.69, 9.17) is 21.5 Å². The van der Waals surface area contributed by atoms with Crippen molar-refractivity contribution in [1.29, 1.82) is 0 Å². The monoisotopic (exact) mass is 491 g/mol. The molecule has 0 aliphatic carbocycles. The molecular weight excluding hydrogens is 468 g/mol. The summed E-state index contributed by atoms with van der Waals surface area (Å²) in [7, 11) is -3.88. The van der Waals surface area contributed by atoms with Gasteiger partial charge in [0, 0.05) is 23.7 Å². The van der Waals surface area contributed by atoms with Crippen LogP contribution in [-0.2, 0) is 21.3 Å². The summed E-state index contributed by atoms with van der Waals surface area (Å²) >= 11 is 6.15. The Labute approximate surface area is 191 Å². The third-order valence-electron chi connectivity index (χ3n) is 6.07. The Morgan fingerprint density at radius 1 is 1.10 bits per heavy atom. The summed E-state index contributed by atoms with van der Waals surface area (Å²) in [6, 6.07) is 10.2. The van der Waals surface area contributed by atoms with E-state index >= 15 is 0 Å². The van der Waals surface area contributed by atoms with Crippen LogP contribution < -0.4 is 5.14 Å². The highest BCUT2D eigenvalue weighted by molar-refractivity contribution is 7.89. The summed E-state index contributed by atoms with van der Waals surface area (Å²) in [6.07, 6.45) is 1.57.